The number of benzene rings is 3. The zero-order chi connectivity index (χ0) is 22.9. The molecule has 9 heteroatoms. The van der Waals surface area contributed by atoms with Gasteiger partial charge in [0.25, 0.3) is 5.56 Å². The van der Waals surface area contributed by atoms with Crippen molar-refractivity contribution in [3.63, 3.8) is 0 Å². The van der Waals surface area contributed by atoms with Crippen molar-refractivity contribution in [1.82, 2.24) is 19.7 Å². The second kappa shape index (κ2) is 8.59. The smallest absolute Gasteiger partial charge is 0.266 e. The molecule has 0 aliphatic rings. The van der Waals surface area contributed by atoms with E-state index in [2.05, 4.69) is 15.1 Å². The van der Waals surface area contributed by atoms with E-state index in [-0.39, 0.29) is 16.6 Å². The minimum Gasteiger partial charge on any atom is -0.338 e. The topological polar surface area (TPSA) is 73.8 Å². The summed E-state index contributed by atoms with van der Waals surface area (Å²) in [6.45, 7) is 1.99. The first-order chi connectivity index (χ1) is 16.0. The molecule has 164 valence electrons. The zero-order valence-electron chi connectivity index (χ0n) is 17.3. The Morgan fingerprint density at radius 1 is 1.00 bits per heavy atom. The third-order valence-corrected chi connectivity index (χ3v) is 5.92. The van der Waals surface area contributed by atoms with Crippen LogP contribution in [-0.4, -0.2) is 19.7 Å². The molecule has 0 saturated heterocycles. The molecule has 0 amide bonds. The average molecular weight is 462 g/mol. The molecular formula is C24H16F2N4O2S. The second-order valence-corrected chi connectivity index (χ2v) is 8.26. The van der Waals surface area contributed by atoms with E-state index in [0.717, 1.165) is 39.6 Å². The first kappa shape index (κ1) is 21.0. The highest BCUT2D eigenvalue weighted by molar-refractivity contribution is 7.98. The first-order valence-corrected chi connectivity index (χ1v) is 11.0. The van der Waals surface area contributed by atoms with E-state index >= 15 is 0 Å². The minimum atomic E-state index is -0.865. The lowest BCUT2D eigenvalue weighted by molar-refractivity contribution is 0.391. The molecule has 0 bridgehead atoms. The van der Waals surface area contributed by atoms with Crippen LogP contribution in [0.5, 0.6) is 0 Å². The summed E-state index contributed by atoms with van der Waals surface area (Å²) in [6, 6.07) is 17.5. The Morgan fingerprint density at radius 2 is 1.79 bits per heavy atom. The van der Waals surface area contributed by atoms with Crippen molar-refractivity contribution in [2.24, 2.45) is 0 Å². The lowest BCUT2D eigenvalue weighted by Gasteiger charge is -2.13. The Morgan fingerprint density at radius 3 is 2.58 bits per heavy atom. The van der Waals surface area contributed by atoms with E-state index in [0.29, 0.717) is 22.6 Å². The van der Waals surface area contributed by atoms with E-state index in [1.807, 2.05) is 31.2 Å². The lowest BCUT2D eigenvalue weighted by atomic mass is 10.1. The number of thioether (sulfide) groups is 1. The van der Waals surface area contributed by atoms with Gasteiger partial charge >= 0.3 is 0 Å². The summed E-state index contributed by atoms with van der Waals surface area (Å²) in [5, 5.41) is 4.56. The molecule has 0 aliphatic carbocycles. The maximum atomic E-state index is 14.6. The molecule has 0 N–H and O–H groups in total. The molecule has 5 aromatic rings. The first-order valence-electron chi connectivity index (χ1n) is 9.99. The van der Waals surface area contributed by atoms with Gasteiger partial charge in [-0.05, 0) is 31.2 Å². The van der Waals surface area contributed by atoms with Gasteiger partial charge in [0.2, 0.25) is 11.7 Å². The van der Waals surface area contributed by atoms with Gasteiger partial charge in [0.1, 0.15) is 11.6 Å². The van der Waals surface area contributed by atoms with Crippen molar-refractivity contribution in [1.29, 1.82) is 0 Å². The Hall–Kier alpha value is -3.85. The molecule has 33 heavy (non-hydrogen) atoms. The van der Waals surface area contributed by atoms with Crippen LogP contribution < -0.4 is 5.56 Å². The Kier molecular flexibility index (Phi) is 5.47. The maximum absolute atomic E-state index is 14.6. The number of aromatic nitrogens is 4. The summed E-state index contributed by atoms with van der Waals surface area (Å²) < 4.78 is 34.6. The third kappa shape index (κ3) is 4.14. The summed E-state index contributed by atoms with van der Waals surface area (Å²) in [4.78, 5) is 22.2. The molecule has 0 aliphatic heterocycles. The quantitative estimate of drug-likeness (QED) is 0.260. The highest BCUT2D eigenvalue weighted by atomic mass is 32.2. The van der Waals surface area contributed by atoms with Gasteiger partial charge < -0.3 is 4.52 Å². The molecule has 0 spiro atoms. The number of hydrogen-bond acceptors (Lipinski definition) is 6. The fourth-order valence-corrected chi connectivity index (χ4v) is 4.19. The highest BCUT2D eigenvalue weighted by Gasteiger charge is 2.18. The van der Waals surface area contributed by atoms with Gasteiger partial charge in [-0.3, -0.25) is 9.36 Å². The van der Waals surface area contributed by atoms with Crippen LogP contribution in [-0.2, 0) is 5.75 Å². The van der Waals surface area contributed by atoms with Crippen molar-refractivity contribution in [3.05, 3.63) is 100 Å². The normalized spacial score (nSPS) is 11.2. The predicted octanol–water partition coefficient (Wildman–Crippen LogP) is 5.31. The number of hydrogen-bond donors (Lipinski definition) is 0. The number of rotatable bonds is 5. The van der Waals surface area contributed by atoms with E-state index < -0.39 is 17.2 Å². The number of halogens is 2. The Balaban J connectivity index is 1.53. The van der Waals surface area contributed by atoms with Gasteiger partial charge in [-0.2, -0.15) is 4.98 Å². The van der Waals surface area contributed by atoms with Crippen LogP contribution in [0.2, 0.25) is 0 Å². The molecular weight excluding hydrogens is 446 g/mol. The standard InChI is InChI=1S/C24H16F2N4O2S/c1-14-6-8-15(9-7-14)22-28-21(32-29-22)13-33-24-27-19-5-3-2-4-17(19)23(31)30(24)20-11-10-16(25)12-18(20)26/h2-12H,13H2,1H3. The molecule has 2 heterocycles. The van der Waals surface area contributed by atoms with Crippen LogP contribution in [0.4, 0.5) is 8.78 Å². The molecule has 0 fully saturated rings. The van der Waals surface area contributed by atoms with Gasteiger partial charge in [-0.15, -0.1) is 0 Å². The second-order valence-electron chi connectivity index (χ2n) is 7.31. The highest BCUT2D eigenvalue weighted by Crippen LogP contribution is 2.26. The molecule has 3 aromatic carbocycles. The molecule has 0 atom stereocenters. The number of aryl methyl sites for hydroxylation is 1. The van der Waals surface area contributed by atoms with Crippen LogP contribution in [0.25, 0.3) is 28.0 Å². The zero-order valence-corrected chi connectivity index (χ0v) is 18.1. The van der Waals surface area contributed by atoms with Gasteiger partial charge in [0.05, 0.1) is 22.3 Å². The molecule has 0 radical (unpaired) electrons. The molecule has 5 rings (SSSR count). The molecule has 0 saturated carbocycles. The van der Waals surface area contributed by atoms with Gasteiger partial charge in [0, 0.05) is 11.6 Å². The maximum Gasteiger partial charge on any atom is 0.266 e. The fourth-order valence-electron chi connectivity index (χ4n) is 3.34. The van der Waals surface area contributed by atoms with E-state index in [1.165, 1.54) is 6.07 Å². The van der Waals surface area contributed by atoms with Crippen LogP contribution in [0.3, 0.4) is 0 Å². The minimum absolute atomic E-state index is 0.0898. The molecule has 6 nitrogen and oxygen atoms in total. The van der Waals surface area contributed by atoms with E-state index in [4.69, 9.17) is 4.52 Å². The summed E-state index contributed by atoms with van der Waals surface area (Å²) >= 11 is 1.14. The predicted molar refractivity (Wildman–Crippen MR) is 121 cm³/mol. The SMILES string of the molecule is Cc1ccc(-c2noc(CSc3nc4ccccc4c(=O)n3-c3ccc(F)cc3F)n2)cc1. The molecule has 2 aromatic heterocycles. The number of fused-ring (bicyclic) bond motifs is 1. The summed E-state index contributed by atoms with van der Waals surface area (Å²) in [7, 11) is 0. The van der Waals surface area contributed by atoms with Gasteiger partial charge in [0.15, 0.2) is 5.16 Å². The largest absolute Gasteiger partial charge is 0.338 e. The number of para-hydroxylation sites is 1. The van der Waals surface area contributed by atoms with E-state index in [1.54, 1.807) is 24.3 Å². The van der Waals surface area contributed by atoms with Crippen molar-refractivity contribution in [3.8, 4) is 17.1 Å². The molecule has 0 unspecified atom stereocenters. The van der Waals surface area contributed by atoms with E-state index in [9.17, 15) is 13.6 Å². The van der Waals surface area contributed by atoms with Gasteiger partial charge in [-0.1, -0.05) is 58.9 Å². The summed E-state index contributed by atoms with van der Waals surface area (Å²) in [5.41, 5.74) is 1.85. The van der Waals surface area contributed by atoms with Crippen molar-refractivity contribution in [2.75, 3.05) is 0 Å². The fraction of sp³-hybridized carbons (Fsp3) is 0.0833. The van der Waals surface area contributed by atoms with Crippen LogP contribution in [0, 0.1) is 18.6 Å². The Bertz CT molecular complexity index is 1530. The van der Waals surface area contributed by atoms with Crippen molar-refractivity contribution in [2.45, 2.75) is 17.8 Å². The monoisotopic (exact) mass is 462 g/mol. The lowest BCUT2D eigenvalue weighted by Crippen LogP contribution is -2.22. The summed E-state index contributed by atoms with van der Waals surface area (Å²) in [5.74, 6) is -0.632. The van der Waals surface area contributed by atoms with Crippen LogP contribution >= 0.6 is 11.8 Å². The Labute approximate surface area is 190 Å². The van der Waals surface area contributed by atoms with Crippen molar-refractivity contribution >= 4 is 22.7 Å². The third-order valence-electron chi connectivity index (χ3n) is 5.00. The number of nitrogens with zero attached hydrogens (tertiary/aromatic N) is 4. The van der Waals surface area contributed by atoms with Gasteiger partial charge in [-0.25, -0.2) is 13.8 Å². The van der Waals surface area contributed by atoms with Crippen LogP contribution in [0.15, 0.2) is 81.2 Å². The summed E-state index contributed by atoms with van der Waals surface area (Å²) in [6.07, 6.45) is 0. The average Bonchev–Trinajstić information content (AvgIpc) is 3.28. The van der Waals surface area contributed by atoms with Crippen molar-refractivity contribution < 1.29 is 13.3 Å². The van der Waals surface area contributed by atoms with Crippen LogP contribution in [0.1, 0.15) is 11.5 Å².